The summed E-state index contributed by atoms with van der Waals surface area (Å²) in [5.41, 5.74) is 10.1. The molecular formula is C17H31N3. The van der Waals surface area contributed by atoms with E-state index >= 15 is 0 Å². The van der Waals surface area contributed by atoms with Gasteiger partial charge in [-0.1, -0.05) is 40.0 Å². The largest absolute Gasteiger partial charge is 0.324 e. The summed E-state index contributed by atoms with van der Waals surface area (Å²) in [4.78, 5) is 0. The van der Waals surface area contributed by atoms with Gasteiger partial charge in [0, 0.05) is 17.3 Å². The average Bonchev–Trinajstić information content (AvgIpc) is 2.86. The molecule has 1 aromatic rings. The molecule has 0 aromatic carbocycles. The van der Waals surface area contributed by atoms with Gasteiger partial charge in [-0.05, 0) is 38.5 Å². The molecule has 0 amide bonds. The Kier molecular flexibility index (Phi) is 5.25. The summed E-state index contributed by atoms with van der Waals surface area (Å²) in [5.74, 6) is 0.881. The van der Waals surface area contributed by atoms with Gasteiger partial charge in [-0.3, -0.25) is 4.68 Å². The highest BCUT2D eigenvalue weighted by Gasteiger charge is 2.27. The standard InChI is InChI=1S/C17H31N3/c1-5-13-9-8-10-14(11-13)20-16(7-3)17(12(4)18)15(6-2)19-20/h12-14H,5-11,18H2,1-4H3. The van der Waals surface area contributed by atoms with Crippen LogP contribution in [0.2, 0.25) is 0 Å². The van der Waals surface area contributed by atoms with Gasteiger partial charge in [0.05, 0.1) is 11.7 Å². The summed E-state index contributed by atoms with van der Waals surface area (Å²) < 4.78 is 2.35. The van der Waals surface area contributed by atoms with Crippen LogP contribution in [0.1, 0.15) is 88.8 Å². The molecule has 0 radical (unpaired) electrons. The minimum absolute atomic E-state index is 0.0965. The Morgan fingerprint density at radius 3 is 2.55 bits per heavy atom. The highest BCUT2D eigenvalue weighted by Crippen LogP contribution is 2.36. The van der Waals surface area contributed by atoms with Gasteiger partial charge < -0.3 is 5.73 Å². The van der Waals surface area contributed by atoms with Gasteiger partial charge in [0.2, 0.25) is 0 Å². The third kappa shape index (κ3) is 2.93. The summed E-state index contributed by atoms with van der Waals surface area (Å²) >= 11 is 0. The summed E-state index contributed by atoms with van der Waals surface area (Å²) in [5, 5.41) is 4.95. The maximum Gasteiger partial charge on any atom is 0.0672 e. The number of rotatable bonds is 5. The molecule has 1 saturated carbocycles. The van der Waals surface area contributed by atoms with Crippen molar-refractivity contribution in [3.8, 4) is 0 Å². The van der Waals surface area contributed by atoms with Crippen LogP contribution in [-0.4, -0.2) is 9.78 Å². The number of aryl methyl sites for hydroxylation is 1. The first-order valence-electron chi connectivity index (χ1n) is 8.47. The molecule has 1 aromatic heterocycles. The van der Waals surface area contributed by atoms with Crippen LogP contribution >= 0.6 is 0 Å². The number of nitrogens with two attached hydrogens (primary N) is 1. The topological polar surface area (TPSA) is 43.8 Å². The Morgan fingerprint density at radius 1 is 1.25 bits per heavy atom. The maximum absolute atomic E-state index is 6.21. The van der Waals surface area contributed by atoms with Crippen molar-refractivity contribution in [3.63, 3.8) is 0 Å². The van der Waals surface area contributed by atoms with Gasteiger partial charge in [-0.15, -0.1) is 0 Å². The highest BCUT2D eigenvalue weighted by atomic mass is 15.3. The Labute approximate surface area is 123 Å². The monoisotopic (exact) mass is 277 g/mol. The smallest absolute Gasteiger partial charge is 0.0672 e. The van der Waals surface area contributed by atoms with Crippen LogP contribution < -0.4 is 5.73 Å². The third-order valence-electron chi connectivity index (χ3n) is 4.93. The van der Waals surface area contributed by atoms with Crippen LogP contribution in [0, 0.1) is 5.92 Å². The maximum atomic E-state index is 6.21. The summed E-state index contributed by atoms with van der Waals surface area (Å²) in [7, 11) is 0. The predicted octanol–water partition coefficient (Wildman–Crippen LogP) is 4.17. The fourth-order valence-electron chi connectivity index (χ4n) is 3.83. The second-order valence-corrected chi connectivity index (χ2v) is 6.34. The van der Waals surface area contributed by atoms with E-state index in [2.05, 4.69) is 32.4 Å². The molecule has 1 fully saturated rings. The van der Waals surface area contributed by atoms with Crippen LogP contribution in [0.3, 0.4) is 0 Å². The minimum atomic E-state index is 0.0965. The molecule has 3 nitrogen and oxygen atoms in total. The molecule has 0 aliphatic heterocycles. The molecule has 0 bridgehead atoms. The molecule has 1 aliphatic carbocycles. The van der Waals surface area contributed by atoms with Crippen molar-refractivity contribution in [2.45, 2.75) is 84.7 Å². The lowest BCUT2D eigenvalue weighted by atomic mass is 9.84. The van der Waals surface area contributed by atoms with Crippen molar-refractivity contribution in [1.82, 2.24) is 9.78 Å². The van der Waals surface area contributed by atoms with Gasteiger partial charge in [-0.25, -0.2) is 0 Å². The zero-order valence-corrected chi connectivity index (χ0v) is 13.7. The van der Waals surface area contributed by atoms with Gasteiger partial charge >= 0.3 is 0 Å². The van der Waals surface area contributed by atoms with Crippen molar-refractivity contribution in [2.75, 3.05) is 0 Å². The fourth-order valence-corrected chi connectivity index (χ4v) is 3.83. The van der Waals surface area contributed by atoms with Gasteiger partial charge in [-0.2, -0.15) is 5.10 Å². The molecule has 3 heteroatoms. The second-order valence-electron chi connectivity index (χ2n) is 6.34. The van der Waals surface area contributed by atoms with E-state index in [0.717, 1.165) is 18.8 Å². The van der Waals surface area contributed by atoms with E-state index in [4.69, 9.17) is 10.8 Å². The molecule has 3 unspecified atom stereocenters. The number of hydrogen-bond donors (Lipinski definition) is 1. The molecule has 114 valence electrons. The van der Waals surface area contributed by atoms with Gasteiger partial charge in [0.15, 0.2) is 0 Å². The zero-order valence-electron chi connectivity index (χ0n) is 13.7. The highest BCUT2D eigenvalue weighted by molar-refractivity contribution is 5.30. The van der Waals surface area contributed by atoms with Gasteiger partial charge in [0.25, 0.3) is 0 Å². The van der Waals surface area contributed by atoms with Crippen LogP contribution in [0.15, 0.2) is 0 Å². The molecule has 1 heterocycles. The van der Waals surface area contributed by atoms with E-state index in [1.165, 1.54) is 49.1 Å². The van der Waals surface area contributed by atoms with Crippen molar-refractivity contribution in [2.24, 2.45) is 11.7 Å². The SMILES string of the molecule is CCc1nn(C2CCCC(CC)C2)c(CC)c1C(C)N. The molecule has 3 atom stereocenters. The van der Waals surface area contributed by atoms with E-state index in [-0.39, 0.29) is 6.04 Å². The van der Waals surface area contributed by atoms with Gasteiger partial charge in [0.1, 0.15) is 0 Å². The fraction of sp³-hybridized carbons (Fsp3) is 0.824. The van der Waals surface area contributed by atoms with Crippen LogP contribution in [0.5, 0.6) is 0 Å². The Balaban J connectivity index is 2.35. The normalized spacial score (nSPS) is 24.9. The first kappa shape index (κ1) is 15.6. The van der Waals surface area contributed by atoms with E-state index in [0.29, 0.717) is 6.04 Å². The molecule has 20 heavy (non-hydrogen) atoms. The number of nitrogens with zero attached hydrogens (tertiary/aromatic N) is 2. The molecule has 1 aliphatic rings. The van der Waals surface area contributed by atoms with Crippen LogP contribution in [0.25, 0.3) is 0 Å². The molecule has 0 saturated heterocycles. The van der Waals surface area contributed by atoms with E-state index in [9.17, 15) is 0 Å². The zero-order chi connectivity index (χ0) is 14.7. The van der Waals surface area contributed by atoms with E-state index in [1.807, 2.05) is 0 Å². The van der Waals surface area contributed by atoms with Crippen molar-refractivity contribution < 1.29 is 0 Å². The van der Waals surface area contributed by atoms with E-state index in [1.54, 1.807) is 0 Å². The molecule has 2 N–H and O–H groups in total. The number of aromatic nitrogens is 2. The number of hydrogen-bond acceptors (Lipinski definition) is 2. The lowest BCUT2D eigenvalue weighted by Crippen LogP contribution is -2.22. The van der Waals surface area contributed by atoms with Crippen molar-refractivity contribution in [1.29, 1.82) is 0 Å². The van der Waals surface area contributed by atoms with Crippen molar-refractivity contribution >= 4 is 0 Å². The summed E-state index contributed by atoms with van der Waals surface area (Å²) in [6.45, 7) is 8.84. The second kappa shape index (κ2) is 6.75. The lowest BCUT2D eigenvalue weighted by Gasteiger charge is -2.30. The van der Waals surface area contributed by atoms with Crippen LogP contribution in [0.4, 0.5) is 0 Å². The molecule has 0 spiro atoms. The Bertz CT molecular complexity index is 434. The Morgan fingerprint density at radius 2 is 2.00 bits per heavy atom. The molecular weight excluding hydrogens is 246 g/mol. The minimum Gasteiger partial charge on any atom is -0.324 e. The summed E-state index contributed by atoms with van der Waals surface area (Å²) in [6, 6.07) is 0.695. The Hall–Kier alpha value is -0.830. The molecule has 2 rings (SSSR count). The summed E-state index contributed by atoms with van der Waals surface area (Å²) in [6.07, 6.45) is 8.66. The van der Waals surface area contributed by atoms with Crippen molar-refractivity contribution in [3.05, 3.63) is 17.0 Å². The first-order chi connectivity index (χ1) is 9.62. The lowest BCUT2D eigenvalue weighted by molar-refractivity contribution is 0.243. The van der Waals surface area contributed by atoms with E-state index < -0.39 is 0 Å². The third-order valence-corrected chi connectivity index (χ3v) is 4.93. The predicted molar refractivity (Wildman–Crippen MR) is 84.9 cm³/mol. The average molecular weight is 277 g/mol. The first-order valence-corrected chi connectivity index (χ1v) is 8.47. The van der Waals surface area contributed by atoms with Crippen LogP contribution in [-0.2, 0) is 12.8 Å². The quantitative estimate of drug-likeness (QED) is 0.878.